The standard InChI is InChI=1S/C24H19Cl2N3O6/c1-33-17-5-3-4-16(12-17)28-22(30)23(31)29-27-13-14-6-9-20(21(10-14)34-2)35-24(32)15-7-8-18(25)19(26)11-15/h3-13H,1-2H3,(H,28,30)(H,29,31)/b27-13+. The van der Waals surface area contributed by atoms with Gasteiger partial charge < -0.3 is 19.5 Å². The lowest BCUT2D eigenvalue weighted by molar-refractivity contribution is -0.136. The summed E-state index contributed by atoms with van der Waals surface area (Å²) in [6, 6.07) is 15.5. The van der Waals surface area contributed by atoms with E-state index in [1.807, 2.05) is 0 Å². The van der Waals surface area contributed by atoms with Crippen molar-refractivity contribution in [2.24, 2.45) is 5.10 Å². The minimum Gasteiger partial charge on any atom is -0.497 e. The molecule has 0 heterocycles. The second kappa shape index (κ2) is 11.9. The molecule has 9 nitrogen and oxygen atoms in total. The molecule has 0 aliphatic heterocycles. The zero-order chi connectivity index (χ0) is 25.4. The van der Waals surface area contributed by atoms with Gasteiger partial charge in [0.15, 0.2) is 11.5 Å². The van der Waals surface area contributed by atoms with E-state index in [4.69, 9.17) is 37.4 Å². The van der Waals surface area contributed by atoms with Gasteiger partial charge in [-0.3, -0.25) is 9.59 Å². The van der Waals surface area contributed by atoms with Gasteiger partial charge in [-0.1, -0.05) is 29.3 Å². The Morgan fingerprint density at radius 2 is 1.66 bits per heavy atom. The molecule has 0 aliphatic carbocycles. The van der Waals surface area contributed by atoms with Crippen molar-refractivity contribution in [3.8, 4) is 17.2 Å². The van der Waals surface area contributed by atoms with Gasteiger partial charge in [0.2, 0.25) is 0 Å². The third-order valence-electron chi connectivity index (χ3n) is 4.46. The summed E-state index contributed by atoms with van der Waals surface area (Å²) in [5, 5.41) is 6.74. The molecule has 0 aromatic heterocycles. The zero-order valence-electron chi connectivity index (χ0n) is 18.5. The van der Waals surface area contributed by atoms with Crippen molar-refractivity contribution in [1.82, 2.24) is 5.43 Å². The predicted octanol–water partition coefficient (Wildman–Crippen LogP) is 4.32. The van der Waals surface area contributed by atoms with E-state index >= 15 is 0 Å². The number of carbonyl (C=O) groups is 3. The number of rotatable bonds is 7. The quantitative estimate of drug-likeness (QED) is 0.159. The molecule has 0 saturated heterocycles. The first-order valence-electron chi connectivity index (χ1n) is 9.94. The largest absolute Gasteiger partial charge is 0.497 e. The van der Waals surface area contributed by atoms with E-state index in [1.165, 1.54) is 50.8 Å². The van der Waals surface area contributed by atoms with E-state index in [2.05, 4.69) is 15.8 Å². The minimum absolute atomic E-state index is 0.155. The maximum atomic E-state index is 12.4. The van der Waals surface area contributed by atoms with Crippen LogP contribution in [0.4, 0.5) is 5.69 Å². The molecule has 0 spiro atoms. The summed E-state index contributed by atoms with van der Waals surface area (Å²) in [5.41, 5.74) is 3.24. The minimum atomic E-state index is -0.969. The van der Waals surface area contributed by atoms with Gasteiger partial charge in [-0.05, 0) is 54.1 Å². The van der Waals surface area contributed by atoms with Gasteiger partial charge in [0.05, 0.1) is 36.0 Å². The fraction of sp³-hybridized carbons (Fsp3) is 0.0833. The number of nitrogens with one attached hydrogen (secondary N) is 2. The Morgan fingerprint density at radius 3 is 2.37 bits per heavy atom. The van der Waals surface area contributed by atoms with E-state index in [9.17, 15) is 14.4 Å². The maximum absolute atomic E-state index is 12.4. The van der Waals surface area contributed by atoms with Gasteiger partial charge in [0.1, 0.15) is 5.75 Å². The molecule has 11 heteroatoms. The van der Waals surface area contributed by atoms with Crippen LogP contribution in [0.5, 0.6) is 17.2 Å². The van der Waals surface area contributed by atoms with Crippen LogP contribution in [-0.4, -0.2) is 38.2 Å². The van der Waals surface area contributed by atoms with Crippen molar-refractivity contribution < 1.29 is 28.6 Å². The molecule has 0 bridgehead atoms. The van der Waals surface area contributed by atoms with Crippen molar-refractivity contribution in [3.05, 3.63) is 81.8 Å². The van der Waals surface area contributed by atoms with E-state index in [1.54, 1.807) is 30.3 Å². The number of hydrazone groups is 1. The predicted molar refractivity (Wildman–Crippen MR) is 132 cm³/mol. The van der Waals surface area contributed by atoms with Crippen LogP contribution in [-0.2, 0) is 9.59 Å². The molecule has 0 radical (unpaired) electrons. The molecular weight excluding hydrogens is 497 g/mol. The number of nitrogens with zero attached hydrogens (tertiary/aromatic N) is 1. The van der Waals surface area contributed by atoms with Crippen molar-refractivity contribution >= 4 is 52.9 Å². The summed E-state index contributed by atoms with van der Waals surface area (Å²) in [5.74, 6) is -1.61. The molecule has 180 valence electrons. The zero-order valence-corrected chi connectivity index (χ0v) is 20.0. The summed E-state index contributed by atoms with van der Waals surface area (Å²) in [6.45, 7) is 0. The average Bonchev–Trinajstić information content (AvgIpc) is 2.86. The van der Waals surface area contributed by atoms with E-state index in [-0.39, 0.29) is 22.1 Å². The number of amides is 2. The molecule has 3 rings (SSSR count). The number of carbonyl (C=O) groups excluding carboxylic acids is 3. The second-order valence-corrected chi connectivity index (χ2v) is 7.63. The smallest absolute Gasteiger partial charge is 0.343 e. The molecule has 0 fully saturated rings. The molecular formula is C24H19Cl2N3O6. The highest BCUT2D eigenvalue weighted by Gasteiger charge is 2.15. The number of esters is 1. The lowest BCUT2D eigenvalue weighted by atomic mass is 10.2. The Kier molecular flexibility index (Phi) is 8.66. The highest BCUT2D eigenvalue weighted by atomic mass is 35.5. The average molecular weight is 516 g/mol. The SMILES string of the molecule is COc1cccc(NC(=O)C(=O)N/N=C/c2ccc(OC(=O)c3ccc(Cl)c(Cl)c3)c(OC)c2)c1. The Morgan fingerprint density at radius 1 is 0.857 bits per heavy atom. The number of ether oxygens (including phenoxy) is 3. The highest BCUT2D eigenvalue weighted by molar-refractivity contribution is 6.42. The molecule has 0 unspecified atom stereocenters. The topological polar surface area (TPSA) is 115 Å². The lowest BCUT2D eigenvalue weighted by Crippen LogP contribution is -2.32. The number of benzene rings is 3. The first-order chi connectivity index (χ1) is 16.8. The van der Waals surface area contributed by atoms with Crippen LogP contribution in [0.2, 0.25) is 10.0 Å². The fourth-order valence-corrected chi connectivity index (χ4v) is 3.03. The summed E-state index contributed by atoms with van der Waals surface area (Å²) in [7, 11) is 2.89. The summed E-state index contributed by atoms with van der Waals surface area (Å²) in [4.78, 5) is 36.4. The summed E-state index contributed by atoms with van der Waals surface area (Å²) in [6.07, 6.45) is 1.30. The van der Waals surface area contributed by atoms with E-state index in [0.717, 1.165) is 0 Å². The van der Waals surface area contributed by atoms with E-state index in [0.29, 0.717) is 22.0 Å². The molecule has 0 aliphatic rings. The van der Waals surface area contributed by atoms with Gasteiger partial charge in [0, 0.05) is 11.8 Å². The monoisotopic (exact) mass is 515 g/mol. The molecule has 3 aromatic carbocycles. The highest BCUT2D eigenvalue weighted by Crippen LogP contribution is 2.29. The first-order valence-corrected chi connectivity index (χ1v) is 10.7. The third kappa shape index (κ3) is 6.95. The second-order valence-electron chi connectivity index (χ2n) is 6.81. The van der Waals surface area contributed by atoms with Gasteiger partial charge in [-0.15, -0.1) is 0 Å². The van der Waals surface area contributed by atoms with Crippen molar-refractivity contribution in [2.75, 3.05) is 19.5 Å². The van der Waals surface area contributed by atoms with Crippen LogP contribution in [0.25, 0.3) is 0 Å². The normalized spacial score (nSPS) is 10.5. The number of hydrogen-bond donors (Lipinski definition) is 2. The van der Waals surface area contributed by atoms with Gasteiger partial charge in [-0.25, -0.2) is 10.2 Å². The van der Waals surface area contributed by atoms with Crippen LogP contribution >= 0.6 is 23.2 Å². The first kappa shape index (κ1) is 25.5. The van der Waals surface area contributed by atoms with Crippen LogP contribution in [0.1, 0.15) is 15.9 Å². The van der Waals surface area contributed by atoms with Crippen LogP contribution < -0.4 is 25.0 Å². The van der Waals surface area contributed by atoms with Gasteiger partial charge >= 0.3 is 17.8 Å². The molecule has 35 heavy (non-hydrogen) atoms. The van der Waals surface area contributed by atoms with Gasteiger partial charge in [0.25, 0.3) is 0 Å². The lowest BCUT2D eigenvalue weighted by Gasteiger charge is -2.10. The third-order valence-corrected chi connectivity index (χ3v) is 5.20. The van der Waals surface area contributed by atoms with Crippen LogP contribution in [0, 0.1) is 0 Å². The Bertz CT molecular complexity index is 1300. The molecule has 2 amide bonds. The molecule has 0 atom stereocenters. The Balaban J connectivity index is 1.61. The molecule has 3 aromatic rings. The number of anilines is 1. The van der Waals surface area contributed by atoms with E-state index < -0.39 is 17.8 Å². The number of hydrogen-bond acceptors (Lipinski definition) is 7. The van der Waals surface area contributed by atoms with Crippen molar-refractivity contribution in [1.29, 1.82) is 0 Å². The number of methoxy groups -OCH3 is 2. The van der Waals surface area contributed by atoms with Gasteiger partial charge in [-0.2, -0.15) is 5.10 Å². The van der Waals surface area contributed by atoms with Crippen LogP contribution in [0.3, 0.4) is 0 Å². The Hall–Kier alpha value is -4.08. The van der Waals surface area contributed by atoms with Crippen molar-refractivity contribution in [2.45, 2.75) is 0 Å². The van der Waals surface area contributed by atoms with Crippen molar-refractivity contribution in [3.63, 3.8) is 0 Å². The summed E-state index contributed by atoms with van der Waals surface area (Å²) >= 11 is 11.8. The molecule has 2 N–H and O–H groups in total. The number of halogens is 2. The Labute approximate surface area is 210 Å². The fourth-order valence-electron chi connectivity index (χ4n) is 2.74. The molecule has 0 saturated carbocycles. The summed E-state index contributed by atoms with van der Waals surface area (Å²) < 4.78 is 15.7. The van der Waals surface area contributed by atoms with Crippen LogP contribution in [0.15, 0.2) is 65.8 Å². The maximum Gasteiger partial charge on any atom is 0.343 e.